The van der Waals surface area contributed by atoms with Gasteiger partial charge in [0.25, 0.3) is 0 Å². The molecule has 1 aromatic rings. The van der Waals surface area contributed by atoms with Gasteiger partial charge in [-0.3, -0.25) is 0 Å². The molecule has 0 heterocycles. The molecule has 2 atom stereocenters. The largest absolute Gasteiger partial charge is 0.486 e. The van der Waals surface area contributed by atoms with E-state index in [1.54, 1.807) is 0 Å². The Morgan fingerprint density at radius 2 is 2.06 bits per heavy atom. The third-order valence-electron chi connectivity index (χ3n) is 2.58. The summed E-state index contributed by atoms with van der Waals surface area (Å²) in [4.78, 5) is 0. The van der Waals surface area contributed by atoms with E-state index in [9.17, 15) is 8.78 Å². The van der Waals surface area contributed by atoms with Gasteiger partial charge in [-0.2, -0.15) is 0 Å². The zero-order valence-electron chi connectivity index (χ0n) is 9.76. The van der Waals surface area contributed by atoms with Crippen LogP contribution in [0.3, 0.4) is 0 Å². The molecular weight excluding hydrogens is 212 g/mol. The van der Waals surface area contributed by atoms with Crippen LogP contribution in [0.4, 0.5) is 8.78 Å². The molecule has 0 saturated heterocycles. The number of hydrogen-bond acceptors (Lipinski definition) is 2. The van der Waals surface area contributed by atoms with Gasteiger partial charge in [-0.05, 0) is 32.5 Å². The number of rotatable bonds is 5. The Morgan fingerprint density at radius 3 is 2.62 bits per heavy atom. The Hall–Kier alpha value is -1.16. The lowest BCUT2D eigenvalue weighted by Gasteiger charge is -2.23. The molecule has 0 amide bonds. The van der Waals surface area contributed by atoms with Gasteiger partial charge in [-0.25, -0.2) is 8.78 Å². The SMILES string of the molecule is CCC(NC)C(C)Oc1cc(F)ccc1F. The number of halogens is 2. The van der Waals surface area contributed by atoms with Gasteiger partial charge in [0.05, 0.1) is 0 Å². The van der Waals surface area contributed by atoms with E-state index in [1.807, 2.05) is 20.9 Å². The Balaban J connectivity index is 2.75. The van der Waals surface area contributed by atoms with Crippen LogP contribution >= 0.6 is 0 Å². The molecule has 0 radical (unpaired) electrons. The first-order chi connectivity index (χ1) is 7.58. The highest BCUT2D eigenvalue weighted by Gasteiger charge is 2.16. The van der Waals surface area contributed by atoms with E-state index >= 15 is 0 Å². The molecule has 90 valence electrons. The molecule has 0 spiro atoms. The molecule has 4 heteroatoms. The van der Waals surface area contributed by atoms with Gasteiger partial charge in [0, 0.05) is 12.1 Å². The fourth-order valence-corrected chi connectivity index (χ4v) is 1.62. The maximum atomic E-state index is 13.3. The quantitative estimate of drug-likeness (QED) is 0.838. The lowest BCUT2D eigenvalue weighted by atomic mass is 10.1. The standard InChI is InChI=1S/C12H17F2NO/c1-4-11(15-3)8(2)16-12-7-9(13)5-6-10(12)14/h5-8,11,15H,4H2,1-3H3. The summed E-state index contributed by atoms with van der Waals surface area (Å²) < 4.78 is 31.6. The number of nitrogens with one attached hydrogen (secondary N) is 1. The van der Waals surface area contributed by atoms with E-state index in [2.05, 4.69) is 5.32 Å². The highest BCUT2D eigenvalue weighted by Crippen LogP contribution is 2.20. The summed E-state index contributed by atoms with van der Waals surface area (Å²) >= 11 is 0. The molecule has 16 heavy (non-hydrogen) atoms. The monoisotopic (exact) mass is 229 g/mol. The van der Waals surface area contributed by atoms with Crippen LogP contribution < -0.4 is 10.1 Å². The van der Waals surface area contributed by atoms with Crippen LogP contribution in [0.25, 0.3) is 0 Å². The van der Waals surface area contributed by atoms with E-state index in [4.69, 9.17) is 4.74 Å². The van der Waals surface area contributed by atoms with Gasteiger partial charge in [0.15, 0.2) is 11.6 Å². The third kappa shape index (κ3) is 3.17. The van der Waals surface area contributed by atoms with Crippen molar-refractivity contribution in [3.8, 4) is 5.75 Å². The average Bonchev–Trinajstić information content (AvgIpc) is 2.25. The predicted octanol–water partition coefficient (Wildman–Crippen LogP) is 2.73. The first kappa shape index (κ1) is 12.9. The highest BCUT2D eigenvalue weighted by atomic mass is 19.1. The Kier molecular flexibility index (Phi) is 4.68. The second-order valence-electron chi connectivity index (χ2n) is 3.70. The number of ether oxygens (including phenoxy) is 1. The molecule has 0 fully saturated rings. The summed E-state index contributed by atoms with van der Waals surface area (Å²) in [6.45, 7) is 3.83. The second-order valence-corrected chi connectivity index (χ2v) is 3.70. The smallest absolute Gasteiger partial charge is 0.165 e. The van der Waals surface area contributed by atoms with Crippen molar-refractivity contribution in [1.29, 1.82) is 0 Å². The second kappa shape index (κ2) is 5.80. The topological polar surface area (TPSA) is 21.3 Å². The van der Waals surface area contributed by atoms with E-state index in [0.29, 0.717) is 0 Å². The van der Waals surface area contributed by atoms with Gasteiger partial charge in [-0.15, -0.1) is 0 Å². The van der Waals surface area contributed by atoms with Crippen molar-refractivity contribution >= 4 is 0 Å². The first-order valence-electron chi connectivity index (χ1n) is 5.37. The Bertz CT molecular complexity index is 340. The number of likely N-dealkylation sites (N-methyl/N-ethyl adjacent to an activating group) is 1. The summed E-state index contributed by atoms with van der Waals surface area (Å²) in [5, 5.41) is 3.06. The third-order valence-corrected chi connectivity index (χ3v) is 2.58. The van der Waals surface area contributed by atoms with Crippen molar-refractivity contribution in [2.75, 3.05) is 7.05 Å². The average molecular weight is 229 g/mol. The van der Waals surface area contributed by atoms with Crippen LogP contribution in [0.1, 0.15) is 20.3 Å². The molecule has 1 N–H and O–H groups in total. The normalized spacial score (nSPS) is 14.6. The summed E-state index contributed by atoms with van der Waals surface area (Å²) in [5.41, 5.74) is 0. The molecule has 2 nitrogen and oxygen atoms in total. The van der Waals surface area contributed by atoms with Crippen molar-refractivity contribution in [2.45, 2.75) is 32.4 Å². The van der Waals surface area contributed by atoms with Crippen LogP contribution in [-0.2, 0) is 0 Å². The Morgan fingerprint density at radius 1 is 1.38 bits per heavy atom. The maximum Gasteiger partial charge on any atom is 0.165 e. The van der Waals surface area contributed by atoms with Crippen molar-refractivity contribution in [3.63, 3.8) is 0 Å². The summed E-state index contributed by atoms with van der Waals surface area (Å²) in [5.74, 6) is -1.08. The molecule has 0 bridgehead atoms. The molecule has 0 aliphatic rings. The minimum Gasteiger partial charge on any atom is -0.486 e. The molecule has 0 aliphatic carbocycles. The molecule has 1 aromatic carbocycles. The minimum atomic E-state index is -0.542. The van der Waals surface area contributed by atoms with E-state index in [0.717, 1.165) is 24.6 Å². The zero-order chi connectivity index (χ0) is 12.1. The predicted molar refractivity (Wildman–Crippen MR) is 59.6 cm³/mol. The minimum absolute atomic E-state index is 0.0406. The molecule has 0 saturated carbocycles. The Labute approximate surface area is 94.6 Å². The van der Waals surface area contributed by atoms with Gasteiger partial charge in [0.2, 0.25) is 0 Å². The van der Waals surface area contributed by atoms with Crippen LogP contribution in [0.2, 0.25) is 0 Å². The van der Waals surface area contributed by atoms with Crippen molar-refractivity contribution in [3.05, 3.63) is 29.8 Å². The van der Waals surface area contributed by atoms with Crippen molar-refractivity contribution < 1.29 is 13.5 Å². The van der Waals surface area contributed by atoms with E-state index in [1.165, 1.54) is 0 Å². The van der Waals surface area contributed by atoms with Gasteiger partial charge >= 0.3 is 0 Å². The summed E-state index contributed by atoms with van der Waals surface area (Å²) in [6, 6.07) is 3.32. The van der Waals surface area contributed by atoms with Gasteiger partial charge in [0.1, 0.15) is 11.9 Å². The molecule has 0 aromatic heterocycles. The van der Waals surface area contributed by atoms with E-state index < -0.39 is 11.6 Å². The van der Waals surface area contributed by atoms with Crippen LogP contribution in [0, 0.1) is 11.6 Å². The molecular formula is C12H17F2NO. The number of benzene rings is 1. The summed E-state index contributed by atoms with van der Waals surface area (Å²) in [7, 11) is 1.82. The fraction of sp³-hybridized carbons (Fsp3) is 0.500. The maximum absolute atomic E-state index is 13.3. The van der Waals surface area contributed by atoms with Crippen LogP contribution in [0.5, 0.6) is 5.75 Å². The van der Waals surface area contributed by atoms with E-state index in [-0.39, 0.29) is 17.9 Å². The lowest BCUT2D eigenvalue weighted by molar-refractivity contribution is 0.164. The highest BCUT2D eigenvalue weighted by molar-refractivity contribution is 5.25. The molecule has 0 aliphatic heterocycles. The number of hydrogen-bond donors (Lipinski definition) is 1. The van der Waals surface area contributed by atoms with Gasteiger partial charge < -0.3 is 10.1 Å². The first-order valence-corrected chi connectivity index (χ1v) is 5.37. The van der Waals surface area contributed by atoms with Crippen molar-refractivity contribution in [1.82, 2.24) is 5.32 Å². The lowest BCUT2D eigenvalue weighted by Crippen LogP contribution is -2.38. The van der Waals surface area contributed by atoms with Crippen molar-refractivity contribution in [2.24, 2.45) is 0 Å². The molecule has 2 unspecified atom stereocenters. The summed E-state index contributed by atoms with van der Waals surface area (Å²) in [6.07, 6.45) is 0.639. The van der Waals surface area contributed by atoms with Crippen LogP contribution in [-0.4, -0.2) is 19.2 Å². The zero-order valence-corrected chi connectivity index (χ0v) is 9.76. The van der Waals surface area contributed by atoms with Gasteiger partial charge in [-0.1, -0.05) is 6.92 Å². The fourth-order valence-electron chi connectivity index (χ4n) is 1.62. The molecule has 1 rings (SSSR count). The van der Waals surface area contributed by atoms with Crippen LogP contribution in [0.15, 0.2) is 18.2 Å².